The average Bonchev–Trinajstić information content (AvgIpc) is 2.80. The largest absolute Gasteiger partial charge is 0.405 e. The van der Waals surface area contributed by atoms with Crippen molar-refractivity contribution in [3.63, 3.8) is 0 Å². The fraction of sp³-hybridized carbons (Fsp3) is 0.333. The van der Waals surface area contributed by atoms with Gasteiger partial charge in [0.15, 0.2) is 0 Å². The molecule has 0 fully saturated rings. The second-order valence-electron chi connectivity index (χ2n) is 8.89. The fourth-order valence-corrected chi connectivity index (χ4v) is 8.70. The van der Waals surface area contributed by atoms with Crippen molar-refractivity contribution < 1.29 is 19.0 Å². The predicted molar refractivity (Wildman–Crippen MR) is 132 cm³/mol. The van der Waals surface area contributed by atoms with Crippen LogP contribution in [-0.4, -0.2) is 39.5 Å². The highest BCUT2D eigenvalue weighted by atomic mass is 28.4. The molecule has 32 heavy (non-hydrogen) atoms. The molecule has 0 saturated heterocycles. The van der Waals surface area contributed by atoms with Gasteiger partial charge in [0.2, 0.25) is 0 Å². The molecule has 0 aliphatic rings. The lowest BCUT2D eigenvalue weighted by atomic mass is 10.2. The van der Waals surface area contributed by atoms with Crippen LogP contribution < -0.4 is 10.4 Å². The van der Waals surface area contributed by atoms with Crippen LogP contribution in [-0.2, 0) is 20.5 Å². The Balaban J connectivity index is 1.83. The van der Waals surface area contributed by atoms with Crippen molar-refractivity contribution in [2.75, 3.05) is 20.0 Å². The quantitative estimate of drug-likeness (QED) is 0.353. The molecule has 0 unspecified atom stereocenters. The third-order valence-electron chi connectivity index (χ3n) is 5.63. The van der Waals surface area contributed by atoms with E-state index in [1.54, 1.807) is 0 Å². The molecule has 3 aromatic rings. The Labute approximate surface area is 192 Å². The number of aliphatic hydroxyl groups is 1. The molecule has 0 bridgehead atoms. The third kappa shape index (κ3) is 5.94. The van der Waals surface area contributed by atoms with E-state index in [9.17, 15) is 5.11 Å². The van der Waals surface area contributed by atoms with Crippen molar-refractivity contribution in [3.8, 4) is 0 Å². The minimum atomic E-state index is -2.66. The van der Waals surface area contributed by atoms with Crippen molar-refractivity contribution in [2.24, 2.45) is 0 Å². The minimum absolute atomic E-state index is 0.121. The van der Waals surface area contributed by atoms with Gasteiger partial charge in [-0.25, -0.2) is 0 Å². The Bertz CT molecular complexity index is 871. The first-order chi connectivity index (χ1) is 15.5. The molecule has 0 aromatic heterocycles. The van der Waals surface area contributed by atoms with Gasteiger partial charge in [-0.2, -0.15) is 0 Å². The molecular weight excluding hydrogens is 416 g/mol. The zero-order valence-corrected chi connectivity index (χ0v) is 20.2. The molecule has 0 saturated carbocycles. The molecule has 0 heterocycles. The summed E-state index contributed by atoms with van der Waals surface area (Å²) < 4.78 is 18.4. The number of hydrogen-bond donors (Lipinski definition) is 1. The number of aliphatic hydroxyl groups excluding tert-OH is 1. The maximum Gasteiger partial charge on any atom is 0.261 e. The third-order valence-corrected chi connectivity index (χ3v) is 10.6. The highest BCUT2D eigenvalue weighted by Gasteiger charge is 2.50. The van der Waals surface area contributed by atoms with Crippen molar-refractivity contribution >= 4 is 18.7 Å². The van der Waals surface area contributed by atoms with Crippen molar-refractivity contribution in [1.82, 2.24) is 0 Å². The lowest BCUT2D eigenvalue weighted by molar-refractivity contribution is -0.0979. The van der Waals surface area contributed by atoms with Gasteiger partial charge in [0.05, 0.1) is 19.8 Å². The summed E-state index contributed by atoms with van der Waals surface area (Å²) in [5.41, 5.74) is 1.10. The Morgan fingerprint density at radius 1 is 0.750 bits per heavy atom. The lowest BCUT2D eigenvalue weighted by Crippen LogP contribution is -2.67. The zero-order chi connectivity index (χ0) is 22.9. The molecule has 3 aromatic carbocycles. The summed E-state index contributed by atoms with van der Waals surface area (Å²) >= 11 is 0. The maximum atomic E-state index is 9.45. The Morgan fingerprint density at radius 2 is 1.25 bits per heavy atom. The summed E-state index contributed by atoms with van der Waals surface area (Å²) in [6.07, 6.45) is -0.370. The van der Waals surface area contributed by atoms with Crippen LogP contribution in [0.4, 0.5) is 0 Å². The van der Waals surface area contributed by atoms with E-state index in [0.29, 0.717) is 19.8 Å². The maximum absolute atomic E-state index is 9.45. The molecular formula is C27H34O4Si. The summed E-state index contributed by atoms with van der Waals surface area (Å²) in [6.45, 7) is 7.53. The number of benzene rings is 3. The summed E-state index contributed by atoms with van der Waals surface area (Å²) in [5, 5.41) is 11.8. The van der Waals surface area contributed by atoms with Gasteiger partial charge in [0, 0.05) is 0 Å². The SMILES string of the molecule is CC(C)(C)[Si](OC[C@H](COCc1ccccc1)OCO)(c1ccccc1)c1ccccc1. The molecule has 5 heteroatoms. The van der Waals surface area contributed by atoms with E-state index in [1.807, 2.05) is 42.5 Å². The average molecular weight is 451 g/mol. The van der Waals surface area contributed by atoms with E-state index in [0.717, 1.165) is 5.56 Å². The van der Waals surface area contributed by atoms with Gasteiger partial charge in [-0.15, -0.1) is 0 Å². The van der Waals surface area contributed by atoms with Crippen molar-refractivity contribution in [1.29, 1.82) is 0 Å². The van der Waals surface area contributed by atoms with Crippen LogP contribution in [0.3, 0.4) is 0 Å². The van der Waals surface area contributed by atoms with Crippen LogP contribution in [0, 0.1) is 0 Å². The van der Waals surface area contributed by atoms with Crippen LogP contribution in [0.5, 0.6) is 0 Å². The number of ether oxygens (including phenoxy) is 2. The smallest absolute Gasteiger partial charge is 0.261 e. The molecule has 0 aliphatic carbocycles. The minimum Gasteiger partial charge on any atom is -0.405 e. The molecule has 3 rings (SSSR count). The summed E-state index contributed by atoms with van der Waals surface area (Å²) in [4.78, 5) is 0. The highest BCUT2D eigenvalue weighted by Crippen LogP contribution is 2.36. The van der Waals surface area contributed by atoms with Crippen LogP contribution in [0.2, 0.25) is 5.04 Å². The highest BCUT2D eigenvalue weighted by molar-refractivity contribution is 6.99. The van der Waals surface area contributed by atoms with Gasteiger partial charge < -0.3 is 19.0 Å². The number of hydrogen-bond acceptors (Lipinski definition) is 4. The summed E-state index contributed by atoms with van der Waals surface area (Å²) in [5.74, 6) is 0. The molecule has 0 radical (unpaired) electrons. The van der Waals surface area contributed by atoms with E-state index >= 15 is 0 Å². The normalized spacial score (nSPS) is 13.1. The first-order valence-corrected chi connectivity index (χ1v) is 13.0. The molecule has 4 nitrogen and oxygen atoms in total. The standard InChI is InChI=1S/C27H34O4Si/c1-27(2,3)32(25-15-9-5-10-16-25,26-17-11-6-12-18-26)31-21-24(30-22-28)20-29-19-23-13-7-4-8-14-23/h4-18,24,28H,19-22H2,1-3H3/t24-/m0/s1. The van der Waals surface area contributed by atoms with Crippen LogP contribution in [0.1, 0.15) is 26.3 Å². The van der Waals surface area contributed by atoms with Gasteiger partial charge >= 0.3 is 0 Å². The van der Waals surface area contributed by atoms with Crippen LogP contribution >= 0.6 is 0 Å². The fourth-order valence-electron chi connectivity index (χ4n) is 4.11. The molecule has 0 amide bonds. The van der Waals surface area contributed by atoms with Crippen LogP contribution in [0.15, 0.2) is 91.0 Å². The van der Waals surface area contributed by atoms with E-state index in [2.05, 4.69) is 69.3 Å². The van der Waals surface area contributed by atoms with Gasteiger partial charge in [-0.05, 0) is 21.0 Å². The summed E-state index contributed by atoms with van der Waals surface area (Å²) in [6, 6.07) is 31.0. The monoisotopic (exact) mass is 450 g/mol. The van der Waals surface area contributed by atoms with Crippen molar-refractivity contribution in [2.45, 2.75) is 38.5 Å². The van der Waals surface area contributed by atoms with E-state index < -0.39 is 8.32 Å². The zero-order valence-electron chi connectivity index (χ0n) is 19.2. The Morgan fingerprint density at radius 3 is 1.72 bits per heavy atom. The topological polar surface area (TPSA) is 47.9 Å². The Hall–Kier alpha value is -2.28. The van der Waals surface area contributed by atoms with Gasteiger partial charge in [-0.1, -0.05) is 112 Å². The molecule has 0 aliphatic heterocycles. The van der Waals surface area contributed by atoms with Gasteiger partial charge in [-0.3, -0.25) is 0 Å². The van der Waals surface area contributed by atoms with E-state index in [-0.39, 0.29) is 17.9 Å². The Kier molecular flexibility index (Phi) is 8.79. The second-order valence-corrected chi connectivity index (χ2v) is 13.2. The van der Waals surface area contributed by atoms with E-state index in [1.165, 1.54) is 10.4 Å². The van der Waals surface area contributed by atoms with E-state index in [4.69, 9.17) is 13.9 Å². The molecule has 0 spiro atoms. The van der Waals surface area contributed by atoms with Gasteiger partial charge in [0.25, 0.3) is 8.32 Å². The molecule has 170 valence electrons. The van der Waals surface area contributed by atoms with Crippen LogP contribution in [0.25, 0.3) is 0 Å². The first kappa shape index (κ1) is 24.4. The van der Waals surface area contributed by atoms with Gasteiger partial charge in [0.1, 0.15) is 12.9 Å². The molecule has 1 N–H and O–H groups in total. The predicted octanol–water partition coefficient (Wildman–Crippen LogP) is 4.11. The summed E-state index contributed by atoms with van der Waals surface area (Å²) in [7, 11) is -2.66. The second kappa shape index (κ2) is 11.5. The first-order valence-electron chi connectivity index (χ1n) is 11.1. The van der Waals surface area contributed by atoms with Crippen molar-refractivity contribution in [3.05, 3.63) is 96.6 Å². The lowest BCUT2D eigenvalue weighted by Gasteiger charge is -2.43. The number of rotatable bonds is 11. The molecule has 1 atom stereocenters.